The van der Waals surface area contributed by atoms with Crippen molar-refractivity contribution in [1.29, 1.82) is 0 Å². The van der Waals surface area contributed by atoms with Crippen molar-refractivity contribution in [2.24, 2.45) is 5.16 Å². The molecule has 3 aromatic rings. The minimum atomic E-state index is -5.08. The molecular formula is C22H21F3N9O6S3+. The number of aromatic nitrogens is 4. The molecule has 0 bridgehead atoms. The number of nitrogens with zero attached hydrogens (tertiary/aromatic N) is 6. The van der Waals surface area contributed by atoms with Crippen LogP contribution in [0.15, 0.2) is 34.2 Å². The van der Waals surface area contributed by atoms with Gasteiger partial charge in [0.15, 0.2) is 5.13 Å². The highest BCUT2D eigenvalue weighted by molar-refractivity contribution is 8.00. The van der Waals surface area contributed by atoms with Crippen LogP contribution < -0.4 is 20.9 Å². The highest BCUT2D eigenvalue weighted by Crippen LogP contribution is 2.40. The molecule has 0 saturated carbocycles. The van der Waals surface area contributed by atoms with Gasteiger partial charge < -0.3 is 26.3 Å². The molecule has 3 amide bonds. The number of carboxylic acids is 1. The number of thiazole rings is 1. The molecule has 3 aromatic heterocycles. The molecule has 0 unspecified atom stereocenters. The monoisotopic (exact) mass is 660 g/mol. The highest BCUT2D eigenvalue weighted by Gasteiger charge is 2.55. The molecule has 0 spiro atoms. The van der Waals surface area contributed by atoms with E-state index < -0.39 is 47.8 Å². The fourth-order valence-corrected chi connectivity index (χ4v) is 6.95. The standard InChI is InChI=1S/C22H20F3N9O6S3/c1-2-40-30-12(15-29-21(26)43-31-15)16(35)28-13-17(36)34-14(19(37)38)9(8-42-18(13)34)6-32-7-11-33(3-4-41-11)10(32)5-27-20(39)22(23,24)25/h3-4,7,13,18H,2,5-6,8H2,1H3,(H4-,26,27,28,29,31,35,37,38,39)/p+1/b30-12-/t13-,18-/m1/s1. The maximum absolute atomic E-state index is 13.2. The molecule has 2 atom stereocenters. The van der Waals surface area contributed by atoms with Crippen molar-refractivity contribution in [2.75, 3.05) is 18.1 Å². The first-order chi connectivity index (χ1) is 20.4. The molecule has 21 heteroatoms. The summed E-state index contributed by atoms with van der Waals surface area (Å²) in [5.41, 5.74) is 5.29. The van der Waals surface area contributed by atoms with E-state index >= 15 is 0 Å². The molecule has 5 rings (SSSR count). The predicted molar refractivity (Wildman–Crippen MR) is 146 cm³/mol. The lowest BCUT2D eigenvalue weighted by Crippen LogP contribution is -2.71. The topological polar surface area (TPSA) is 197 Å². The SMILES string of the molecule is CCO/N=C(\C(=O)N[C@@H]1C(=O)N2C(C(=O)O)=C(C[n+]3cc4sccn4c3CNC(=O)C(F)(F)F)CS[C@H]12)c1nsc(N)n1. The van der Waals surface area contributed by atoms with Crippen LogP contribution in [0.2, 0.25) is 0 Å². The van der Waals surface area contributed by atoms with Crippen LogP contribution in [-0.4, -0.2) is 83.1 Å². The van der Waals surface area contributed by atoms with Crippen molar-refractivity contribution >= 4 is 74.0 Å². The van der Waals surface area contributed by atoms with Gasteiger partial charge in [-0.25, -0.2) is 9.36 Å². The molecule has 1 saturated heterocycles. The molecule has 0 aromatic carbocycles. The zero-order valence-electron chi connectivity index (χ0n) is 21.8. The number of nitrogens with one attached hydrogen (secondary N) is 2. The number of hydrogen-bond acceptors (Lipinski definition) is 12. The number of anilines is 1. The van der Waals surface area contributed by atoms with Gasteiger partial charge in [-0.05, 0) is 6.92 Å². The van der Waals surface area contributed by atoms with Crippen LogP contribution in [0, 0.1) is 0 Å². The number of hydrogen-bond donors (Lipinski definition) is 4. The summed E-state index contributed by atoms with van der Waals surface area (Å²) in [6.07, 6.45) is -1.86. The summed E-state index contributed by atoms with van der Waals surface area (Å²) in [5, 5.41) is 19.2. The van der Waals surface area contributed by atoms with E-state index in [0.29, 0.717) is 10.4 Å². The molecule has 5 N–H and O–H groups in total. The van der Waals surface area contributed by atoms with Gasteiger partial charge in [0.25, 0.3) is 17.6 Å². The fourth-order valence-electron chi connectivity index (χ4n) is 4.39. The Bertz CT molecular complexity index is 1680. The van der Waals surface area contributed by atoms with Gasteiger partial charge in [-0.2, -0.15) is 26.9 Å². The van der Waals surface area contributed by atoms with Gasteiger partial charge in [-0.1, -0.05) is 16.5 Å². The fraction of sp³-hybridized carbons (Fsp3) is 0.364. The maximum atomic E-state index is 13.2. The van der Waals surface area contributed by atoms with Crippen LogP contribution in [-0.2, 0) is 37.1 Å². The Morgan fingerprint density at radius 1 is 1.35 bits per heavy atom. The second-order valence-corrected chi connectivity index (χ2v) is 11.7. The number of oxime groups is 1. The Balaban J connectivity index is 1.37. The summed E-state index contributed by atoms with van der Waals surface area (Å²) in [6, 6.07) is -1.10. The smallest absolute Gasteiger partial charge is 0.471 e. The quantitative estimate of drug-likeness (QED) is 0.100. The van der Waals surface area contributed by atoms with E-state index in [1.807, 2.05) is 5.32 Å². The first-order valence-electron chi connectivity index (χ1n) is 12.2. The number of fused-ring (bicyclic) bond motifs is 2. The third-order valence-electron chi connectivity index (χ3n) is 6.23. The van der Waals surface area contributed by atoms with Gasteiger partial charge in [0, 0.05) is 28.2 Å². The molecule has 5 heterocycles. The number of carbonyl (C=O) groups is 4. The average molecular weight is 661 g/mol. The zero-order valence-corrected chi connectivity index (χ0v) is 24.3. The number of β-lactam (4-membered cyclic amide) rings is 1. The van der Waals surface area contributed by atoms with Crippen molar-refractivity contribution < 1.29 is 46.9 Å². The Morgan fingerprint density at radius 3 is 2.77 bits per heavy atom. The molecule has 0 radical (unpaired) electrons. The lowest BCUT2D eigenvalue weighted by Gasteiger charge is -2.49. The van der Waals surface area contributed by atoms with E-state index in [2.05, 4.69) is 19.8 Å². The molecule has 0 aliphatic carbocycles. The van der Waals surface area contributed by atoms with Gasteiger partial charge in [-0.3, -0.25) is 19.3 Å². The summed E-state index contributed by atoms with van der Waals surface area (Å²) < 4.78 is 45.4. The van der Waals surface area contributed by atoms with Crippen molar-refractivity contribution in [3.63, 3.8) is 0 Å². The first kappa shape index (κ1) is 30.2. The van der Waals surface area contributed by atoms with E-state index in [0.717, 1.165) is 16.4 Å². The van der Waals surface area contributed by atoms with Crippen LogP contribution in [0.4, 0.5) is 18.3 Å². The lowest BCUT2D eigenvalue weighted by molar-refractivity contribution is -0.695. The van der Waals surface area contributed by atoms with Crippen LogP contribution >= 0.6 is 34.6 Å². The Kier molecular flexibility index (Phi) is 8.29. The minimum Gasteiger partial charge on any atom is -0.477 e. The number of carbonyl (C=O) groups excluding carboxylic acids is 3. The summed E-state index contributed by atoms with van der Waals surface area (Å²) >= 11 is 3.31. The van der Waals surface area contributed by atoms with Gasteiger partial charge >= 0.3 is 18.1 Å². The van der Waals surface area contributed by atoms with E-state index in [9.17, 15) is 37.5 Å². The molecule has 15 nitrogen and oxygen atoms in total. The zero-order chi connectivity index (χ0) is 31.1. The predicted octanol–water partition coefficient (Wildman–Crippen LogP) is 0.0799. The van der Waals surface area contributed by atoms with Crippen LogP contribution in [0.5, 0.6) is 0 Å². The maximum Gasteiger partial charge on any atom is 0.471 e. The number of rotatable bonds is 10. The van der Waals surface area contributed by atoms with E-state index in [-0.39, 0.29) is 47.1 Å². The highest BCUT2D eigenvalue weighted by atomic mass is 32.2. The number of nitrogen functional groups attached to an aromatic ring is 1. The van der Waals surface area contributed by atoms with Gasteiger partial charge in [-0.15, -0.1) is 11.8 Å². The third kappa shape index (κ3) is 5.86. The second kappa shape index (κ2) is 11.8. The number of amides is 3. The minimum absolute atomic E-state index is 0.0799. The Hall–Kier alpha value is -4.24. The number of halogens is 3. The normalized spacial score (nSPS) is 18.8. The summed E-state index contributed by atoms with van der Waals surface area (Å²) in [6.45, 7) is 1.20. The van der Waals surface area contributed by atoms with Crippen LogP contribution in [0.25, 0.3) is 4.83 Å². The number of alkyl halides is 3. The number of nitrogens with two attached hydrogens (primary N) is 1. The Labute approximate surface area is 251 Å². The second-order valence-electron chi connectivity index (χ2n) is 8.90. The molecular weight excluding hydrogens is 639 g/mol. The van der Waals surface area contributed by atoms with Crippen molar-refractivity contribution in [3.05, 3.63) is 40.7 Å². The summed E-state index contributed by atoms with van der Waals surface area (Å²) in [5.74, 6) is -4.75. The Morgan fingerprint density at radius 2 is 2.12 bits per heavy atom. The molecule has 2 aliphatic heterocycles. The van der Waals surface area contributed by atoms with E-state index in [1.54, 1.807) is 29.1 Å². The van der Waals surface area contributed by atoms with Crippen LogP contribution in [0.3, 0.4) is 0 Å². The van der Waals surface area contributed by atoms with Gasteiger partial charge in [0.05, 0.1) is 0 Å². The largest absolute Gasteiger partial charge is 0.477 e. The number of aliphatic carboxylic acids is 1. The lowest BCUT2D eigenvalue weighted by atomic mass is 10.0. The number of carboxylic acid groups (broad SMARTS) is 1. The molecule has 43 heavy (non-hydrogen) atoms. The molecule has 228 valence electrons. The van der Waals surface area contributed by atoms with E-state index in [1.165, 1.54) is 27.7 Å². The third-order valence-corrected chi connectivity index (χ3v) is 8.91. The molecule has 2 aliphatic rings. The average Bonchev–Trinajstić information content (AvgIpc) is 3.66. The van der Waals surface area contributed by atoms with Crippen molar-refractivity contribution in [1.82, 2.24) is 29.3 Å². The number of imidazole rings is 1. The van der Waals surface area contributed by atoms with E-state index in [4.69, 9.17) is 10.6 Å². The number of thioether (sulfide) groups is 1. The summed E-state index contributed by atoms with van der Waals surface area (Å²) in [7, 11) is 0. The van der Waals surface area contributed by atoms with Gasteiger partial charge in [0.2, 0.25) is 16.4 Å². The van der Waals surface area contributed by atoms with Gasteiger partial charge in [0.1, 0.15) is 49.2 Å². The van der Waals surface area contributed by atoms with Crippen molar-refractivity contribution in [3.8, 4) is 0 Å². The summed E-state index contributed by atoms with van der Waals surface area (Å²) in [4.78, 5) is 60.6. The molecule has 1 fully saturated rings. The van der Waals surface area contributed by atoms with Crippen molar-refractivity contribution in [2.45, 2.75) is 37.6 Å². The first-order valence-corrected chi connectivity index (χ1v) is 14.9. The van der Waals surface area contributed by atoms with Crippen LogP contribution in [0.1, 0.15) is 18.6 Å².